The van der Waals surface area contributed by atoms with Gasteiger partial charge < -0.3 is 9.47 Å². The van der Waals surface area contributed by atoms with Gasteiger partial charge in [0.2, 0.25) is 0 Å². The predicted molar refractivity (Wildman–Crippen MR) is 279 cm³/mol. The Morgan fingerprint density at radius 3 is 1.36 bits per heavy atom. The average Bonchev–Trinajstić information content (AvgIpc) is 3.75. The molecule has 69 heavy (non-hydrogen) atoms. The SMILES string of the molecule is c1ccc(-c2cccc(-c3cc(-c4cccc(-c5ccccc5)c4)nc(-c4ccccc4-c4cccc5c4Oc4c(ccc6c4-c4ccccc4C6(c4ccccc4)c4ccccc4)O5)n3)c2)cc1. The summed E-state index contributed by atoms with van der Waals surface area (Å²) >= 11 is 0. The smallest absolute Gasteiger partial charge is 0.178 e. The standard InChI is InChI=1S/C65H42N2O2/c1-5-20-43(21-6-1)45-24-17-26-47(40-45)57-42-58(48-27-18-25-46(41-48)44-22-7-2-8-23-44)67-64(66-57)53-33-14-13-32-51(53)52-35-19-37-59-62(52)69-63-60(68-59)39-38-56-61(63)54-34-15-16-36-55(54)65(56,49-28-9-3-10-29-49)50-30-11-4-12-31-50/h1-42H. The van der Waals surface area contributed by atoms with Crippen LogP contribution in [-0.4, -0.2) is 9.97 Å². The maximum Gasteiger partial charge on any atom is 0.178 e. The summed E-state index contributed by atoms with van der Waals surface area (Å²) in [4.78, 5) is 10.8. The minimum Gasteiger partial charge on any atom is -0.449 e. The van der Waals surface area contributed by atoms with Crippen LogP contribution in [0.4, 0.5) is 0 Å². The van der Waals surface area contributed by atoms with Crippen molar-refractivity contribution in [1.29, 1.82) is 0 Å². The average molecular weight is 883 g/mol. The van der Waals surface area contributed by atoms with Crippen molar-refractivity contribution in [1.82, 2.24) is 9.97 Å². The molecule has 0 fully saturated rings. The second-order valence-electron chi connectivity index (χ2n) is 17.6. The van der Waals surface area contributed by atoms with Gasteiger partial charge in [-0.1, -0.05) is 224 Å². The molecule has 0 saturated carbocycles. The monoisotopic (exact) mass is 882 g/mol. The van der Waals surface area contributed by atoms with Crippen molar-refractivity contribution in [2.75, 3.05) is 0 Å². The highest BCUT2D eigenvalue weighted by Crippen LogP contribution is 2.63. The quantitative estimate of drug-likeness (QED) is 0.152. The Morgan fingerprint density at radius 2 is 0.754 bits per heavy atom. The van der Waals surface area contributed by atoms with Crippen molar-refractivity contribution in [2.45, 2.75) is 5.41 Å². The van der Waals surface area contributed by atoms with Gasteiger partial charge in [0.05, 0.1) is 16.8 Å². The van der Waals surface area contributed by atoms with E-state index >= 15 is 0 Å². The fraction of sp³-hybridized carbons (Fsp3) is 0.0154. The van der Waals surface area contributed by atoms with Gasteiger partial charge in [-0.15, -0.1) is 0 Å². The van der Waals surface area contributed by atoms with Gasteiger partial charge in [-0.3, -0.25) is 0 Å². The Labute approximate surface area is 401 Å². The summed E-state index contributed by atoms with van der Waals surface area (Å²) in [5.41, 5.74) is 17.2. The zero-order valence-electron chi connectivity index (χ0n) is 37.5. The second-order valence-corrected chi connectivity index (χ2v) is 17.6. The Kier molecular flexibility index (Phi) is 9.69. The highest BCUT2D eigenvalue weighted by atomic mass is 16.6. The Bertz CT molecular complexity index is 3580. The fourth-order valence-corrected chi connectivity index (χ4v) is 10.6. The molecule has 2 aliphatic rings. The third-order valence-corrected chi connectivity index (χ3v) is 13.7. The zero-order valence-corrected chi connectivity index (χ0v) is 37.5. The van der Waals surface area contributed by atoms with Gasteiger partial charge in [-0.2, -0.15) is 0 Å². The normalized spacial score (nSPS) is 12.7. The van der Waals surface area contributed by atoms with E-state index in [2.05, 4.69) is 231 Å². The number of ether oxygens (including phenoxy) is 2. The molecule has 1 aliphatic carbocycles. The lowest BCUT2D eigenvalue weighted by Gasteiger charge is -2.34. The van der Waals surface area contributed by atoms with Crippen LogP contribution < -0.4 is 9.47 Å². The molecule has 0 N–H and O–H groups in total. The zero-order chi connectivity index (χ0) is 45.7. The third kappa shape index (κ3) is 6.76. The molecule has 13 rings (SSSR count). The molecule has 2 heterocycles. The molecule has 324 valence electrons. The van der Waals surface area contributed by atoms with Crippen molar-refractivity contribution in [2.24, 2.45) is 0 Å². The van der Waals surface area contributed by atoms with E-state index in [9.17, 15) is 0 Å². The maximum atomic E-state index is 7.35. The summed E-state index contributed by atoms with van der Waals surface area (Å²) in [5, 5.41) is 0. The Morgan fingerprint density at radius 1 is 0.290 bits per heavy atom. The van der Waals surface area contributed by atoms with E-state index in [-0.39, 0.29) is 0 Å². The number of nitrogens with zero attached hydrogens (tertiary/aromatic N) is 2. The minimum atomic E-state index is -0.583. The molecule has 1 aromatic heterocycles. The number of benzene rings is 10. The summed E-state index contributed by atoms with van der Waals surface area (Å²) < 4.78 is 14.2. The van der Waals surface area contributed by atoms with Crippen molar-refractivity contribution < 1.29 is 9.47 Å². The molecule has 10 aromatic carbocycles. The third-order valence-electron chi connectivity index (χ3n) is 13.7. The maximum absolute atomic E-state index is 7.35. The molecule has 0 spiro atoms. The van der Waals surface area contributed by atoms with E-state index in [1.54, 1.807) is 0 Å². The highest BCUT2D eigenvalue weighted by molar-refractivity contribution is 5.94. The molecule has 0 saturated heterocycles. The Balaban J connectivity index is 0.975. The second kappa shape index (κ2) is 16.6. The van der Waals surface area contributed by atoms with Crippen LogP contribution in [0.5, 0.6) is 23.0 Å². The number of aromatic nitrogens is 2. The number of para-hydroxylation sites is 1. The topological polar surface area (TPSA) is 44.2 Å². The lowest BCUT2D eigenvalue weighted by Crippen LogP contribution is -2.28. The summed E-state index contributed by atoms with van der Waals surface area (Å²) in [7, 11) is 0. The van der Waals surface area contributed by atoms with E-state index < -0.39 is 5.41 Å². The number of fused-ring (bicyclic) bond motifs is 6. The molecule has 0 atom stereocenters. The number of hydrogen-bond donors (Lipinski definition) is 0. The fourth-order valence-electron chi connectivity index (χ4n) is 10.6. The minimum absolute atomic E-state index is 0.583. The van der Waals surface area contributed by atoms with Crippen molar-refractivity contribution in [3.05, 3.63) is 277 Å². The van der Waals surface area contributed by atoms with Crippen LogP contribution >= 0.6 is 0 Å². The summed E-state index contributed by atoms with van der Waals surface area (Å²) in [5.74, 6) is 3.26. The van der Waals surface area contributed by atoms with Crippen LogP contribution in [0.3, 0.4) is 0 Å². The van der Waals surface area contributed by atoms with Crippen molar-refractivity contribution in [3.8, 4) is 101 Å². The molecule has 0 bridgehead atoms. The van der Waals surface area contributed by atoms with Crippen LogP contribution in [0.25, 0.3) is 78.4 Å². The van der Waals surface area contributed by atoms with Gasteiger partial charge in [0.1, 0.15) is 0 Å². The van der Waals surface area contributed by atoms with Crippen molar-refractivity contribution in [3.63, 3.8) is 0 Å². The number of hydrogen-bond acceptors (Lipinski definition) is 4. The van der Waals surface area contributed by atoms with E-state index in [0.717, 1.165) is 78.1 Å². The molecule has 0 unspecified atom stereocenters. The summed E-state index contributed by atoms with van der Waals surface area (Å²) in [6.45, 7) is 0. The molecular formula is C65H42N2O2. The predicted octanol–water partition coefficient (Wildman–Crippen LogP) is 16.7. The summed E-state index contributed by atoms with van der Waals surface area (Å²) in [6, 6.07) is 89.4. The van der Waals surface area contributed by atoms with Crippen LogP contribution in [0, 0.1) is 0 Å². The van der Waals surface area contributed by atoms with Crippen LogP contribution in [0.2, 0.25) is 0 Å². The van der Waals surface area contributed by atoms with Crippen molar-refractivity contribution >= 4 is 0 Å². The number of rotatable bonds is 8. The molecule has 4 heteroatoms. The lowest BCUT2D eigenvalue weighted by atomic mass is 9.68. The first-order valence-corrected chi connectivity index (χ1v) is 23.4. The molecule has 0 amide bonds. The van der Waals surface area contributed by atoms with Gasteiger partial charge in [-0.25, -0.2) is 9.97 Å². The van der Waals surface area contributed by atoms with Gasteiger partial charge in [-0.05, 0) is 86.0 Å². The first-order valence-electron chi connectivity index (χ1n) is 23.4. The first kappa shape index (κ1) is 40.2. The first-order chi connectivity index (χ1) is 34.2. The van der Waals surface area contributed by atoms with E-state index in [0.29, 0.717) is 28.8 Å². The van der Waals surface area contributed by atoms with E-state index in [1.807, 2.05) is 24.3 Å². The van der Waals surface area contributed by atoms with Gasteiger partial charge in [0, 0.05) is 27.8 Å². The summed E-state index contributed by atoms with van der Waals surface area (Å²) in [6.07, 6.45) is 0. The van der Waals surface area contributed by atoms with E-state index in [4.69, 9.17) is 19.4 Å². The molecule has 1 aliphatic heterocycles. The largest absolute Gasteiger partial charge is 0.449 e. The van der Waals surface area contributed by atoms with Gasteiger partial charge in [0.25, 0.3) is 0 Å². The van der Waals surface area contributed by atoms with Crippen LogP contribution in [0.15, 0.2) is 255 Å². The molecular weight excluding hydrogens is 841 g/mol. The molecule has 4 nitrogen and oxygen atoms in total. The molecule has 11 aromatic rings. The Hall–Kier alpha value is -9.12. The highest BCUT2D eigenvalue weighted by Gasteiger charge is 2.48. The van der Waals surface area contributed by atoms with Gasteiger partial charge in [0.15, 0.2) is 28.8 Å². The van der Waals surface area contributed by atoms with Gasteiger partial charge >= 0.3 is 0 Å². The molecule has 0 radical (unpaired) electrons. The lowest BCUT2D eigenvalue weighted by molar-refractivity contribution is 0.361. The van der Waals surface area contributed by atoms with Crippen LogP contribution in [-0.2, 0) is 5.41 Å². The van der Waals surface area contributed by atoms with Crippen LogP contribution in [0.1, 0.15) is 22.3 Å². The van der Waals surface area contributed by atoms with E-state index in [1.165, 1.54) is 16.7 Å².